The minimum absolute atomic E-state index is 0.217. The number of furan rings is 1. The lowest BCUT2D eigenvalue weighted by molar-refractivity contribution is 0.102. The quantitative estimate of drug-likeness (QED) is 0.924. The Morgan fingerprint density at radius 3 is 2.71 bits per heavy atom. The molecule has 88 valence electrons. The van der Waals surface area contributed by atoms with Crippen molar-refractivity contribution in [2.45, 2.75) is 13.8 Å². The van der Waals surface area contributed by atoms with Gasteiger partial charge < -0.3 is 9.73 Å². The Balaban J connectivity index is 2.19. The fraction of sp³-hybridized carbons (Fsp3) is 0.167. The van der Waals surface area contributed by atoms with Crippen molar-refractivity contribution >= 4 is 27.7 Å². The molecule has 0 aliphatic carbocycles. The summed E-state index contributed by atoms with van der Waals surface area (Å²) in [7, 11) is 0. The molecule has 0 saturated heterocycles. The number of nitrogens with zero attached hydrogens (tertiary/aromatic N) is 1. The number of aryl methyl sites for hydroxylation is 2. The van der Waals surface area contributed by atoms with Crippen molar-refractivity contribution in [1.82, 2.24) is 4.98 Å². The second kappa shape index (κ2) is 4.71. The van der Waals surface area contributed by atoms with Crippen molar-refractivity contribution in [3.05, 3.63) is 46.0 Å². The first-order chi connectivity index (χ1) is 8.08. The highest BCUT2D eigenvalue weighted by atomic mass is 79.9. The molecule has 2 rings (SSSR count). The highest BCUT2D eigenvalue weighted by Crippen LogP contribution is 2.17. The molecule has 1 amide bonds. The van der Waals surface area contributed by atoms with Crippen molar-refractivity contribution in [3.8, 4) is 0 Å². The third kappa shape index (κ3) is 2.55. The molecule has 1 N–H and O–H groups in total. The summed E-state index contributed by atoms with van der Waals surface area (Å²) >= 11 is 3.36. The second-order valence-electron chi connectivity index (χ2n) is 3.61. The Morgan fingerprint density at radius 2 is 2.12 bits per heavy atom. The monoisotopic (exact) mass is 294 g/mol. The van der Waals surface area contributed by atoms with Gasteiger partial charge in [0.25, 0.3) is 5.91 Å². The first-order valence-corrected chi connectivity index (χ1v) is 5.86. The van der Waals surface area contributed by atoms with Gasteiger partial charge in [0.1, 0.15) is 11.6 Å². The molecular weight excluding hydrogens is 284 g/mol. The standard InChI is InChI=1S/C12H11BrN2O2/c1-7-10(13)3-4-11(14-7)15-12(16)9-5-6-17-8(9)2/h3-6H,1-2H3,(H,14,15,16). The van der Waals surface area contributed by atoms with Gasteiger partial charge in [0, 0.05) is 4.47 Å². The van der Waals surface area contributed by atoms with Crippen LogP contribution in [0.5, 0.6) is 0 Å². The van der Waals surface area contributed by atoms with Crippen LogP contribution in [-0.4, -0.2) is 10.9 Å². The van der Waals surface area contributed by atoms with Crippen molar-refractivity contribution in [2.24, 2.45) is 0 Å². The Bertz CT molecular complexity index is 563. The van der Waals surface area contributed by atoms with E-state index in [1.807, 2.05) is 13.0 Å². The van der Waals surface area contributed by atoms with E-state index in [9.17, 15) is 4.79 Å². The molecule has 4 nitrogen and oxygen atoms in total. The molecule has 5 heteroatoms. The van der Waals surface area contributed by atoms with Gasteiger partial charge in [-0.25, -0.2) is 4.98 Å². The SMILES string of the molecule is Cc1nc(NC(=O)c2ccoc2C)ccc1Br. The zero-order valence-corrected chi connectivity index (χ0v) is 11.0. The predicted octanol–water partition coefficient (Wildman–Crippen LogP) is 3.31. The number of rotatable bonds is 2. The van der Waals surface area contributed by atoms with Gasteiger partial charge in [-0.2, -0.15) is 0 Å². The smallest absolute Gasteiger partial charge is 0.260 e. The molecule has 0 radical (unpaired) electrons. The maximum Gasteiger partial charge on any atom is 0.260 e. The predicted molar refractivity (Wildman–Crippen MR) is 68.1 cm³/mol. The summed E-state index contributed by atoms with van der Waals surface area (Å²) in [6.45, 7) is 3.61. The number of nitrogens with one attached hydrogen (secondary N) is 1. The van der Waals surface area contributed by atoms with Gasteiger partial charge in [-0.1, -0.05) is 0 Å². The van der Waals surface area contributed by atoms with Gasteiger partial charge in [-0.3, -0.25) is 4.79 Å². The minimum Gasteiger partial charge on any atom is -0.469 e. The first-order valence-electron chi connectivity index (χ1n) is 5.06. The van der Waals surface area contributed by atoms with E-state index in [-0.39, 0.29) is 5.91 Å². The Labute approximate surface area is 107 Å². The van der Waals surface area contributed by atoms with Crippen LogP contribution in [0.25, 0.3) is 0 Å². The Morgan fingerprint density at radius 1 is 1.35 bits per heavy atom. The van der Waals surface area contributed by atoms with Crippen molar-refractivity contribution in [3.63, 3.8) is 0 Å². The van der Waals surface area contributed by atoms with Crippen LogP contribution >= 0.6 is 15.9 Å². The number of pyridine rings is 1. The van der Waals surface area contributed by atoms with Crippen LogP contribution in [0.3, 0.4) is 0 Å². The highest BCUT2D eigenvalue weighted by molar-refractivity contribution is 9.10. The number of carbonyl (C=O) groups is 1. The largest absolute Gasteiger partial charge is 0.469 e. The fourth-order valence-electron chi connectivity index (χ4n) is 1.42. The van der Waals surface area contributed by atoms with Crippen LogP contribution in [0.2, 0.25) is 0 Å². The normalized spacial score (nSPS) is 10.3. The zero-order valence-electron chi connectivity index (χ0n) is 9.45. The lowest BCUT2D eigenvalue weighted by Gasteiger charge is -2.05. The molecule has 0 fully saturated rings. The van der Waals surface area contributed by atoms with Crippen molar-refractivity contribution < 1.29 is 9.21 Å². The average molecular weight is 295 g/mol. The summed E-state index contributed by atoms with van der Waals surface area (Å²) in [6.07, 6.45) is 1.49. The highest BCUT2D eigenvalue weighted by Gasteiger charge is 2.12. The van der Waals surface area contributed by atoms with E-state index in [4.69, 9.17) is 4.42 Å². The molecule has 2 heterocycles. The molecular formula is C12H11BrN2O2. The molecule has 0 atom stereocenters. The van der Waals surface area contributed by atoms with E-state index in [1.165, 1.54) is 6.26 Å². The Kier molecular flexibility index (Phi) is 3.28. The van der Waals surface area contributed by atoms with Crippen molar-refractivity contribution in [1.29, 1.82) is 0 Å². The second-order valence-corrected chi connectivity index (χ2v) is 4.46. The van der Waals surface area contributed by atoms with Crippen LogP contribution < -0.4 is 5.32 Å². The van der Waals surface area contributed by atoms with Crippen LogP contribution in [0.1, 0.15) is 21.8 Å². The number of anilines is 1. The van der Waals surface area contributed by atoms with E-state index in [2.05, 4.69) is 26.2 Å². The van der Waals surface area contributed by atoms with Gasteiger partial charge in [0.05, 0.1) is 17.5 Å². The third-order valence-electron chi connectivity index (χ3n) is 2.37. The lowest BCUT2D eigenvalue weighted by Crippen LogP contribution is -2.13. The number of halogens is 1. The summed E-state index contributed by atoms with van der Waals surface area (Å²) < 4.78 is 5.99. The molecule has 17 heavy (non-hydrogen) atoms. The topological polar surface area (TPSA) is 55.1 Å². The summed E-state index contributed by atoms with van der Waals surface area (Å²) in [4.78, 5) is 16.1. The van der Waals surface area contributed by atoms with Crippen LogP contribution in [0.15, 0.2) is 33.4 Å². The van der Waals surface area contributed by atoms with E-state index >= 15 is 0 Å². The number of hydrogen-bond acceptors (Lipinski definition) is 3. The molecule has 0 unspecified atom stereocenters. The first kappa shape index (κ1) is 11.9. The number of hydrogen-bond donors (Lipinski definition) is 1. The molecule has 0 aliphatic heterocycles. The molecule has 0 bridgehead atoms. The maximum absolute atomic E-state index is 11.9. The van der Waals surface area contributed by atoms with Crippen LogP contribution in [0, 0.1) is 13.8 Å². The van der Waals surface area contributed by atoms with Gasteiger partial charge in [0.2, 0.25) is 0 Å². The number of amides is 1. The summed E-state index contributed by atoms with van der Waals surface area (Å²) in [5.74, 6) is 0.901. The van der Waals surface area contributed by atoms with E-state index in [0.29, 0.717) is 17.1 Å². The van der Waals surface area contributed by atoms with Crippen LogP contribution in [0.4, 0.5) is 5.82 Å². The molecule has 0 spiro atoms. The van der Waals surface area contributed by atoms with E-state index < -0.39 is 0 Å². The van der Waals surface area contributed by atoms with Crippen molar-refractivity contribution in [2.75, 3.05) is 5.32 Å². The maximum atomic E-state index is 11.9. The lowest BCUT2D eigenvalue weighted by atomic mass is 10.2. The molecule has 0 aromatic carbocycles. The zero-order chi connectivity index (χ0) is 12.4. The summed E-state index contributed by atoms with van der Waals surface area (Å²) in [6, 6.07) is 5.22. The van der Waals surface area contributed by atoms with Gasteiger partial charge >= 0.3 is 0 Å². The molecule has 2 aromatic heterocycles. The van der Waals surface area contributed by atoms with E-state index in [0.717, 1.165) is 10.2 Å². The van der Waals surface area contributed by atoms with Gasteiger partial charge in [0.15, 0.2) is 0 Å². The minimum atomic E-state index is -0.217. The number of aromatic nitrogens is 1. The van der Waals surface area contributed by atoms with Crippen LogP contribution in [-0.2, 0) is 0 Å². The molecule has 0 saturated carbocycles. The van der Waals surface area contributed by atoms with E-state index in [1.54, 1.807) is 19.1 Å². The van der Waals surface area contributed by atoms with Gasteiger partial charge in [-0.15, -0.1) is 0 Å². The molecule has 2 aromatic rings. The Hall–Kier alpha value is -1.62. The molecule has 0 aliphatic rings. The van der Waals surface area contributed by atoms with Gasteiger partial charge in [-0.05, 0) is 48.0 Å². The fourth-order valence-corrected chi connectivity index (χ4v) is 1.64. The third-order valence-corrected chi connectivity index (χ3v) is 3.20. The number of carbonyl (C=O) groups excluding carboxylic acids is 1. The average Bonchev–Trinajstić information content (AvgIpc) is 2.70. The summed E-state index contributed by atoms with van der Waals surface area (Å²) in [5, 5.41) is 2.72. The summed E-state index contributed by atoms with van der Waals surface area (Å²) in [5.41, 5.74) is 1.35.